The summed E-state index contributed by atoms with van der Waals surface area (Å²) in [7, 11) is 0. The number of nitrogens with one attached hydrogen (secondary N) is 1. The molecule has 5 rings (SSSR count). The standard InChI is InChI=1S/C39H56N4O6/c1-5-10-26(36(47)33(46)19-24-15-16-24)20-32(45)35-28-14-9-13-27(28)23-43(35)38(49)29(39(2,3)4)21-31(44)34(25-11-7-6-8-12-25)42-37(48)30-22-40-17-18-41-30/h17-18,22,24-29,34-35H,5-16,19-21,23H2,1-4H3,(H,42,48)/t26-,27+,28+,29-,34+,35?/m1/s1. The molecule has 1 aromatic heterocycles. The van der Waals surface area contributed by atoms with Gasteiger partial charge in [-0.25, -0.2) is 4.98 Å². The quantitative estimate of drug-likeness (QED) is 0.219. The summed E-state index contributed by atoms with van der Waals surface area (Å²) in [5, 5.41) is 2.97. The van der Waals surface area contributed by atoms with E-state index in [-0.39, 0.29) is 66.0 Å². The van der Waals surface area contributed by atoms with E-state index in [1.165, 1.54) is 18.6 Å². The molecule has 1 N–H and O–H groups in total. The predicted molar refractivity (Wildman–Crippen MR) is 184 cm³/mol. The number of hydrogen-bond acceptors (Lipinski definition) is 8. The topological polar surface area (TPSA) is 143 Å². The molecule has 0 aromatic carbocycles. The molecule has 2 amide bonds. The molecule has 0 spiro atoms. The molecule has 10 heteroatoms. The first-order chi connectivity index (χ1) is 23.4. The molecule has 0 radical (unpaired) electrons. The number of fused-ring (bicyclic) bond motifs is 1. The van der Waals surface area contributed by atoms with E-state index in [2.05, 4.69) is 15.3 Å². The van der Waals surface area contributed by atoms with Gasteiger partial charge in [0.1, 0.15) is 5.69 Å². The Hall–Kier alpha value is -3.30. The molecule has 10 nitrogen and oxygen atoms in total. The normalized spacial score (nSPS) is 24.5. The molecule has 6 atom stereocenters. The molecule has 0 bridgehead atoms. The van der Waals surface area contributed by atoms with Gasteiger partial charge < -0.3 is 10.2 Å². The van der Waals surface area contributed by atoms with Crippen LogP contribution in [0.25, 0.3) is 0 Å². The number of aromatic nitrogens is 2. The summed E-state index contributed by atoms with van der Waals surface area (Å²) in [4.78, 5) is 92.3. The van der Waals surface area contributed by atoms with Crippen molar-refractivity contribution in [2.45, 2.75) is 136 Å². The van der Waals surface area contributed by atoms with E-state index < -0.39 is 41.0 Å². The number of rotatable bonds is 16. The molecule has 1 saturated heterocycles. The van der Waals surface area contributed by atoms with E-state index in [4.69, 9.17) is 0 Å². The maximum Gasteiger partial charge on any atom is 0.272 e. The van der Waals surface area contributed by atoms with E-state index in [0.29, 0.717) is 25.3 Å². The highest BCUT2D eigenvalue weighted by molar-refractivity contribution is 6.38. The van der Waals surface area contributed by atoms with E-state index >= 15 is 0 Å². The summed E-state index contributed by atoms with van der Waals surface area (Å²) in [5.41, 5.74) is -0.460. The van der Waals surface area contributed by atoms with Gasteiger partial charge in [-0.2, -0.15) is 0 Å². The Balaban J connectivity index is 1.36. The van der Waals surface area contributed by atoms with Gasteiger partial charge in [0.2, 0.25) is 11.7 Å². The fourth-order valence-electron chi connectivity index (χ4n) is 8.75. The molecular weight excluding hydrogens is 620 g/mol. The van der Waals surface area contributed by atoms with E-state index in [9.17, 15) is 28.8 Å². The molecule has 3 aliphatic carbocycles. The molecular formula is C39H56N4O6. The van der Waals surface area contributed by atoms with Gasteiger partial charge in [0.05, 0.1) is 18.3 Å². The van der Waals surface area contributed by atoms with Crippen molar-refractivity contribution in [3.05, 3.63) is 24.3 Å². The van der Waals surface area contributed by atoms with Gasteiger partial charge in [-0.3, -0.25) is 33.8 Å². The summed E-state index contributed by atoms with van der Waals surface area (Å²) < 4.78 is 0. The van der Waals surface area contributed by atoms with Crippen molar-refractivity contribution < 1.29 is 28.8 Å². The number of ketones is 4. The molecule has 4 aliphatic rings. The molecule has 268 valence electrons. The smallest absolute Gasteiger partial charge is 0.272 e. The second kappa shape index (κ2) is 16.2. The number of Topliss-reactive ketones (excluding diaryl/α,β-unsaturated/α-hetero) is 4. The van der Waals surface area contributed by atoms with Crippen LogP contribution in [0.2, 0.25) is 0 Å². The summed E-state index contributed by atoms with van der Waals surface area (Å²) in [6.07, 6.45) is 15.1. The minimum Gasteiger partial charge on any atom is -0.341 e. The van der Waals surface area contributed by atoms with Gasteiger partial charge in [-0.1, -0.05) is 59.8 Å². The lowest BCUT2D eigenvalue weighted by Crippen LogP contribution is -2.51. The van der Waals surface area contributed by atoms with Crippen LogP contribution in [0, 0.1) is 40.9 Å². The molecule has 3 saturated carbocycles. The van der Waals surface area contributed by atoms with Crippen LogP contribution in [0.1, 0.15) is 134 Å². The van der Waals surface area contributed by atoms with Crippen LogP contribution in [0.4, 0.5) is 0 Å². The number of amides is 2. The molecule has 4 fully saturated rings. The summed E-state index contributed by atoms with van der Waals surface area (Å²) in [5.74, 6) is -2.65. The van der Waals surface area contributed by atoms with Gasteiger partial charge in [-0.05, 0) is 74.0 Å². The lowest BCUT2D eigenvalue weighted by molar-refractivity contribution is -0.147. The van der Waals surface area contributed by atoms with Crippen molar-refractivity contribution in [3.63, 3.8) is 0 Å². The van der Waals surface area contributed by atoms with Gasteiger partial charge >= 0.3 is 0 Å². The zero-order valence-electron chi connectivity index (χ0n) is 30.0. The number of nitrogens with zero attached hydrogens (tertiary/aromatic N) is 3. The van der Waals surface area contributed by atoms with Gasteiger partial charge in [0.15, 0.2) is 17.3 Å². The number of carbonyl (C=O) groups is 6. The molecule has 1 aromatic rings. The van der Waals surface area contributed by atoms with E-state index in [1.807, 2.05) is 27.7 Å². The van der Waals surface area contributed by atoms with E-state index in [1.54, 1.807) is 4.90 Å². The molecule has 2 heterocycles. The van der Waals surface area contributed by atoms with Crippen LogP contribution < -0.4 is 5.32 Å². The first-order valence-corrected chi connectivity index (χ1v) is 18.9. The molecule has 49 heavy (non-hydrogen) atoms. The van der Waals surface area contributed by atoms with Gasteiger partial charge in [0.25, 0.3) is 5.91 Å². The van der Waals surface area contributed by atoms with Crippen LogP contribution in [-0.2, 0) is 24.0 Å². The number of carbonyl (C=O) groups excluding carboxylic acids is 6. The SMILES string of the molecule is CCC[C@H](CC(=O)C1[C@H]2CCC[C@H]2CN1C(=O)[C@@H](CC(=O)[C@@H](NC(=O)c1cnccn1)C1CCCCC1)C(C)(C)C)C(=O)C(=O)CC1CC1. The largest absolute Gasteiger partial charge is 0.341 e. The Morgan fingerprint density at radius 1 is 0.918 bits per heavy atom. The number of likely N-dealkylation sites (tertiary alicyclic amines) is 1. The van der Waals surface area contributed by atoms with Crippen LogP contribution in [0.3, 0.4) is 0 Å². The highest BCUT2D eigenvalue weighted by Crippen LogP contribution is 2.45. The van der Waals surface area contributed by atoms with Crippen molar-refractivity contribution in [3.8, 4) is 0 Å². The van der Waals surface area contributed by atoms with Gasteiger partial charge in [0, 0.05) is 50.0 Å². The second-order valence-corrected chi connectivity index (χ2v) is 16.4. The van der Waals surface area contributed by atoms with Crippen molar-refractivity contribution in [2.75, 3.05) is 6.54 Å². The number of hydrogen-bond donors (Lipinski definition) is 1. The highest BCUT2D eigenvalue weighted by atomic mass is 16.2. The first kappa shape index (κ1) is 37.0. The predicted octanol–water partition coefficient (Wildman–Crippen LogP) is 5.72. The van der Waals surface area contributed by atoms with Crippen LogP contribution >= 0.6 is 0 Å². The summed E-state index contributed by atoms with van der Waals surface area (Å²) in [6, 6.07) is -1.41. The molecule has 1 aliphatic heterocycles. The lowest BCUT2D eigenvalue weighted by Gasteiger charge is -2.37. The minimum absolute atomic E-state index is 0.0218. The van der Waals surface area contributed by atoms with Crippen LogP contribution in [-0.4, -0.2) is 68.4 Å². The third-order valence-electron chi connectivity index (χ3n) is 11.7. The Morgan fingerprint density at radius 3 is 2.29 bits per heavy atom. The Bertz CT molecular complexity index is 1380. The second-order valence-electron chi connectivity index (χ2n) is 16.4. The average molecular weight is 677 g/mol. The van der Waals surface area contributed by atoms with Crippen molar-refractivity contribution in [1.29, 1.82) is 0 Å². The first-order valence-electron chi connectivity index (χ1n) is 18.9. The lowest BCUT2D eigenvalue weighted by atomic mass is 9.74. The Labute approximate surface area is 291 Å². The Kier molecular flexibility index (Phi) is 12.2. The fourth-order valence-corrected chi connectivity index (χ4v) is 8.75. The molecule has 1 unspecified atom stereocenters. The summed E-state index contributed by atoms with van der Waals surface area (Å²) in [6.45, 7) is 8.27. The summed E-state index contributed by atoms with van der Waals surface area (Å²) >= 11 is 0. The van der Waals surface area contributed by atoms with E-state index in [0.717, 1.165) is 64.2 Å². The third-order valence-corrected chi connectivity index (χ3v) is 11.7. The monoisotopic (exact) mass is 676 g/mol. The zero-order chi connectivity index (χ0) is 35.3. The third kappa shape index (κ3) is 9.09. The maximum absolute atomic E-state index is 14.7. The maximum atomic E-state index is 14.7. The fraction of sp³-hybridized carbons (Fsp3) is 0.744. The Morgan fingerprint density at radius 2 is 1.65 bits per heavy atom. The van der Waals surface area contributed by atoms with Crippen LogP contribution in [0.15, 0.2) is 18.6 Å². The van der Waals surface area contributed by atoms with Crippen LogP contribution in [0.5, 0.6) is 0 Å². The highest BCUT2D eigenvalue weighted by Gasteiger charge is 2.52. The van der Waals surface area contributed by atoms with Crippen molar-refractivity contribution in [1.82, 2.24) is 20.2 Å². The average Bonchev–Trinajstić information content (AvgIpc) is 3.65. The zero-order valence-corrected chi connectivity index (χ0v) is 30.0. The van der Waals surface area contributed by atoms with Gasteiger partial charge in [-0.15, -0.1) is 0 Å². The van der Waals surface area contributed by atoms with Crippen molar-refractivity contribution >= 4 is 34.9 Å². The minimum atomic E-state index is -0.753. The van der Waals surface area contributed by atoms with Crippen molar-refractivity contribution in [2.24, 2.45) is 40.9 Å².